The maximum absolute atomic E-state index is 11.2. The van der Waals surface area contributed by atoms with Gasteiger partial charge in [-0.3, -0.25) is 9.69 Å². The molecule has 0 saturated carbocycles. The number of hydrogen-bond donors (Lipinski definition) is 1. The van der Waals surface area contributed by atoms with Gasteiger partial charge in [-0.25, -0.2) is 0 Å². The lowest BCUT2D eigenvalue weighted by Gasteiger charge is -2.36. The van der Waals surface area contributed by atoms with E-state index in [1.165, 1.54) is 16.0 Å². The Morgan fingerprint density at radius 2 is 2.08 bits per heavy atom. The topological polar surface area (TPSA) is 49.8 Å². The zero-order valence-corrected chi connectivity index (χ0v) is 14.9. The molecule has 0 spiro atoms. The van der Waals surface area contributed by atoms with Gasteiger partial charge in [0.1, 0.15) is 5.75 Å². The fourth-order valence-electron chi connectivity index (χ4n) is 3.37. The Kier molecular flexibility index (Phi) is 5.21. The predicted octanol–water partition coefficient (Wildman–Crippen LogP) is 3.95. The summed E-state index contributed by atoms with van der Waals surface area (Å²) < 4.78 is 5.39. The molecular weight excluding hydrogens is 322 g/mol. The predicted molar refractivity (Wildman–Crippen MR) is 95.8 cm³/mol. The molecule has 3 rings (SSSR count). The van der Waals surface area contributed by atoms with Crippen LogP contribution < -0.4 is 4.74 Å². The van der Waals surface area contributed by atoms with Crippen molar-refractivity contribution >= 4 is 17.3 Å². The van der Waals surface area contributed by atoms with Crippen LogP contribution in [0.3, 0.4) is 0 Å². The quantitative estimate of drug-likeness (QED) is 0.891. The summed E-state index contributed by atoms with van der Waals surface area (Å²) in [7, 11) is 1.68. The van der Waals surface area contributed by atoms with E-state index in [9.17, 15) is 9.90 Å². The maximum atomic E-state index is 11.2. The third-order valence-corrected chi connectivity index (χ3v) is 5.78. The van der Waals surface area contributed by atoms with Crippen LogP contribution in [0.15, 0.2) is 35.7 Å². The Morgan fingerprint density at radius 1 is 1.33 bits per heavy atom. The molecule has 2 heterocycles. The number of piperidine rings is 1. The van der Waals surface area contributed by atoms with E-state index in [4.69, 9.17) is 4.74 Å². The van der Waals surface area contributed by atoms with Gasteiger partial charge in [-0.2, -0.15) is 0 Å². The van der Waals surface area contributed by atoms with Gasteiger partial charge in [-0.05, 0) is 67.6 Å². The Morgan fingerprint density at radius 3 is 2.67 bits per heavy atom. The zero-order valence-electron chi connectivity index (χ0n) is 14.1. The van der Waals surface area contributed by atoms with Crippen LogP contribution in [0.5, 0.6) is 5.75 Å². The van der Waals surface area contributed by atoms with Gasteiger partial charge in [0.05, 0.1) is 19.1 Å². The summed E-state index contributed by atoms with van der Waals surface area (Å²) in [5.41, 5.74) is 2.47. The number of ether oxygens (including phenoxy) is 1. The summed E-state index contributed by atoms with van der Waals surface area (Å²) in [6, 6.07) is 10.6. The summed E-state index contributed by atoms with van der Waals surface area (Å²) in [5, 5.41) is 11.4. The lowest BCUT2D eigenvalue weighted by molar-refractivity contribution is -0.143. The summed E-state index contributed by atoms with van der Waals surface area (Å²) in [5.74, 6) is -0.0250. The van der Waals surface area contributed by atoms with Crippen molar-refractivity contribution < 1.29 is 14.6 Å². The number of rotatable bonds is 5. The first-order valence-corrected chi connectivity index (χ1v) is 9.12. The molecule has 1 N–H and O–H groups in total. The SMILES string of the molecule is COc1cccc(C(c2cc(C)cs2)N2CCC(C(=O)O)CC2)c1. The van der Waals surface area contributed by atoms with E-state index >= 15 is 0 Å². The first kappa shape index (κ1) is 17.0. The second kappa shape index (κ2) is 7.36. The summed E-state index contributed by atoms with van der Waals surface area (Å²) >= 11 is 1.77. The molecule has 0 bridgehead atoms. The first-order chi connectivity index (χ1) is 11.6. The highest BCUT2D eigenvalue weighted by atomic mass is 32.1. The number of likely N-dealkylation sites (tertiary alicyclic amines) is 1. The average molecular weight is 345 g/mol. The van der Waals surface area contributed by atoms with E-state index in [1.54, 1.807) is 18.4 Å². The fraction of sp³-hybridized carbons (Fsp3) is 0.421. The van der Waals surface area contributed by atoms with Crippen molar-refractivity contribution in [1.82, 2.24) is 4.90 Å². The third kappa shape index (κ3) is 3.62. The van der Waals surface area contributed by atoms with Gasteiger partial charge in [0.25, 0.3) is 0 Å². The average Bonchev–Trinajstić information content (AvgIpc) is 3.02. The van der Waals surface area contributed by atoms with Crippen LogP contribution in [0.1, 0.15) is 34.9 Å². The van der Waals surface area contributed by atoms with E-state index in [2.05, 4.69) is 35.4 Å². The molecule has 4 nitrogen and oxygen atoms in total. The number of aryl methyl sites for hydroxylation is 1. The van der Waals surface area contributed by atoms with Gasteiger partial charge in [-0.15, -0.1) is 11.3 Å². The maximum Gasteiger partial charge on any atom is 0.306 e. The largest absolute Gasteiger partial charge is 0.497 e. The minimum Gasteiger partial charge on any atom is -0.497 e. The van der Waals surface area contributed by atoms with Crippen molar-refractivity contribution in [3.8, 4) is 5.75 Å². The molecule has 1 aromatic carbocycles. The molecule has 0 amide bonds. The normalized spacial score (nSPS) is 17.6. The molecule has 24 heavy (non-hydrogen) atoms. The summed E-state index contributed by atoms with van der Waals surface area (Å²) in [6.45, 7) is 3.71. The number of methoxy groups -OCH3 is 1. The van der Waals surface area contributed by atoms with Crippen molar-refractivity contribution in [2.24, 2.45) is 5.92 Å². The Bertz CT molecular complexity index is 704. The lowest BCUT2D eigenvalue weighted by atomic mass is 9.93. The number of carboxylic acids is 1. The molecule has 1 atom stereocenters. The van der Waals surface area contributed by atoms with Gasteiger partial charge < -0.3 is 9.84 Å². The van der Waals surface area contributed by atoms with Gasteiger partial charge in [-0.1, -0.05) is 12.1 Å². The van der Waals surface area contributed by atoms with Crippen LogP contribution in [0.2, 0.25) is 0 Å². The van der Waals surface area contributed by atoms with Crippen LogP contribution in [0.4, 0.5) is 0 Å². The zero-order chi connectivity index (χ0) is 17.1. The third-order valence-electron chi connectivity index (χ3n) is 4.67. The Hall–Kier alpha value is -1.85. The second-order valence-electron chi connectivity index (χ2n) is 6.35. The minimum absolute atomic E-state index is 0.161. The monoisotopic (exact) mass is 345 g/mol. The first-order valence-electron chi connectivity index (χ1n) is 8.24. The minimum atomic E-state index is -0.667. The van der Waals surface area contributed by atoms with Crippen LogP contribution >= 0.6 is 11.3 Å². The van der Waals surface area contributed by atoms with Crippen LogP contribution in [0, 0.1) is 12.8 Å². The number of benzene rings is 1. The van der Waals surface area contributed by atoms with E-state index in [0.717, 1.165) is 18.8 Å². The Labute approximate surface area is 146 Å². The van der Waals surface area contributed by atoms with Crippen molar-refractivity contribution in [3.63, 3.8) is 0 Å². The molecule has 1 aliphatic rings. The Balaban J connectivity index is 1.90. The van der Waals surface area contributed by atoms with Crippen LogP contribution in [-0.4, -0.2) is 36.2 Å². The molecule has 0 aliphatic carbocycles. The number of carbonyl (C=O) groups is 1. The molecule has 1 unspecified atom stereocenters. The van der Waals surface area contributed by atoms with Gasteiger partial charge in [0, 0.05) is 4.88 Å². The van der Waals surface area contributed by atoms with Crippen LogP contribution in [0.25, 0.3) is 0 Å². The number of thiophene rings is 1. The number of aliphatic carboxylic acids is 1. The van der Waals surface area contributed by atoms with Gasteiger partial charge >= 0.3 is 5.97 Å². The van der Waals surface area contributed by atoms with Crippen molar-refractivity contribution in [1.29, 1.82) is 0 Å². The number of hydrogen-bond acceptors (Lipinski definition) is 4. The highest BCUT2D eigenvalue weighted by Gasteiger charge is 2.30. The van der Waals surface area contributed by atoms with E-state index in [-0.39, 0.29) is 12.0 Å². The molecule has 1 saturated heterocycles. The van der Waals surface area contributed by atoms with Crippen molar-refractivity contribution in [2.45, 2.75) is 25.8 Å². The van der Waals surface area contributed by atoms with Gasteiger partial charge in [0.2, 0.25) is 0 Å². The molecular formula is C19H23NO3S. The molecule has 128 valence electrons. The molecule has 1 fully saturated rings. The number of carboxylic acid groups (broad SMARTS) is 1. The highest BCUT2D eigenvalue weighted by Crippen LogP contribution is 2.36. The fourth-order valence-corrected chi connectivity index (χ4v) is 4.43. The standard InChI is InChI=1S/C19H23NO3S/c1-13-10-17(24-12-13)18(15-4-3-5-16(11-15)23-2)20-8-6-14(7-9-20)19(21)22/h3-5,10-12,14,18H,6-9H2,1-2H3,(H,21,22). The molecule has 5 heteroatoms. The van der Waals surface area contributed by atoms with Crippen molar-refractivity contribution in [3.05, 3.63) is 51.7 Å². The van der Waals surface area contributed by atoms with Crippen LogP contribution in [-0.2, 0) is 4.79 Å². The van der Waals surface area contributed by atoms with E-state index < -0.39 is 5.97 Å². The lowest BCUT2D eigenvalue weighted by Crippen LogP contribution is -2.39. The summed E-state index contributed by atoms with van der Waals surface area (Å²) in [4.78, 5) is 14.9. The second-order valence-corrected chi connectivity index (χ2v) is 7.30. The summed E-state index contributed by atoms with van der Waals surface area (Å²) in [6.07, 6.45) is 1.42. The molecule has 1 aromatic heterocycles. The molecule has 0 radical (unpaired) electrons. The van der Waals surface area contributed by atoms with Crippen molar-refractivity contribution in [2.75, 3.05) is 20.2 Å². The highest BCUT2D eigenvalue weighted by molar-refractivity contribution is 7.10. The molecule has 2 aromatic rings. The number of nitrogens with zero attached hydrogens (tertiary/aromatic N) is 1. The smallest absolute Gasteiger partial charge is 0.306 e. The van der Waals surface area contributed by atoms with Gasteiger partial charge in [0.15, 0.2) is 0 Å². The molecule has 1 aliphatic heterocycles. The van der Waals surface area contributed by atoms with E-state index in [0.29, 0.717) is 12.8 Å². The van der Waals surface area contributed by atoms with E-state index in [1.807, 2.05) is 12.1 Å².